The van der Waals surface area contributed by atoms with E-state index in [0.717, 1.165) is 18.4 Å². The van der Waals surface area contributed by atoms with Crippen molar-refractivity contribution in [3.63, 3.8) is 0 Å². The molecular formula is C30H48N2. The SMILES string of the molecule is C=C(N)/C=C/C1=CCC(C(C)Nc2c(C)cccc2C(=C)C)C1.C=C=C.CC.CCCC. The average Bonchev–Trinajstić information content (AvgIpc) is 3.25. The quantitative estimate of drug-likeness (QED) is 0.330. The van der Waals surface area contributed by atoms with Crippen LogP contribution in [0.5, 0.6) is 0 Å². The molecule has 0 saturated heterocycles. The van der Waals surface area contributed by atoms with Crippen LogP contribution in [-0.2, 0) is 0 Å². The number of allylic oxidation sites excluding steroid dienone is 5. The molecule has 0 amide bonds. The van der Waals surface area contributed by atoms with Crippen LogP contribution < -0.4 is 11.1 Å². The molecule has 0 aromatic heterocycles. The van der Waals surface area contributed by atoms with Gasteiger partial charge in [0.25, 0.3) is 0 Å². The van der Waals surface area contributed by atoms with Gasteiger partial charge in [-0.2, -0.15) is 0 Å². The second-order valence-corrected chi connectivity index (χ2v) is 7.85. The molecule has 2 heteroatoms. The number of hydrogen-bond acceptors (Lipinski definition) is 2. The molecule has 32 heavy (non-hydrogen) atoms. The summed E-state index contributed by atoms with van der Waals surface area (Å²) in [4.78, 5) is 0. The van der Waals surface area contributed by atoms with Crippen LogP contribution in [0, 0.1) is 12.8 Å². The number of unbranched alkanes of at least 4 members (excludes halogenated alkanes) is 1. The smallest absolute Gasteiger partial charge is 0.0448 e. The molecule has 1 aromatic rings. The van der Waals surface area contributed by atoms with Crippen molar-refractivity contribution in [2.75, 3.05) is 5.32 Å². The van der Waals surface area contributed by atoms with E-state index in [2.05, 4.69) is 102 Å². The molecule has 1 aliphatic rings. The lowest BCUT2D eigenvalue weighted by atomic mass is 9.95. The molecule has 0 heterocycles. The lowest BCUT2D eigenvalue weighted by Crippen LogP contribution is -2.25. The molecule has 178 valence electrons. The number of aryl methyl sites for hydroxylation is 1. The number of benzene rings is 1. The Morgan fingerprint density at radius 3 is 2.25 bits per heavy atom. The first-order valence-corrected chi connectivity index (χ1v) is 11.8. The summed E-state index contributed by atoms with van der Waals surface area (Å²) >= 11 is 0. The maximum absolute atomic E-state index is 5.60. The van der Waals surface area contributed by atoms with E-state index in [4.69, 9.17) is 5.73 Å². The molecule has 0 bridgehead atoms. The largest absolute Gasteiger partial charge is 0.399 e. The van der Waals surface area contributed by atoms with Crippen LogP contribution in [-0.4, -0.2) is 6.04 Å². The van der Waals surface area contributed by atoms with Crippen LogP contribution in [0.2, 0.25) is 0 Å². The third kappa shape index (κ3) is 12.9. The molecule has 0 aliphatic heterocycles. The van der Waals surface area contributed by atoms with Crippen molar-refractivity contribution in [1.29, 1.82) is 0 Å². The number of nitrogens with one attached hydrogen (secondary N) is 1. The molecule has 0 fully saturated rings. The minimum atomic E-state index is 0.400. The summed E-state index contributed by atoms with van der Waals surface area (Å²) in [5.41, 5.74) is 14.6. The van der Waals surface area contributed by atoms with E-state index in [-0.39, 0.29) is 0 Å². The maximum Gasteiger partial charge on any atom is 0.0448 e. The predicted octanol–water partition coefficient (Wildman–Crippen LogP) is 8.98. The van der Waals surface area contributed by atoms with Crippen molar-refractivity contribution >= 4 is 11.3 Å². The van der Waals surface area contributed by atoms with Gasteiger partial charge in [-0.1, -0.05) is 103 Å². The van der Waals surface area contributed by atoms with Gasteiger partial charge < -0.3 is 11.1 Å². The number of hydrogen-bond donors (Lipinski definition) is 2. The second-order valence-electron chi connectivity index (χ2n) is 7.85. The van der Waals surface area contributed by atoms with Gasteiger partial charge in [-0.05, 0) is 56.7 Å². The van der Waals surface area contributed by atoms with E-state index in [1.165, 1.54) is 35.2 Å². The highest BCUT2D eigenvalue weighted by atomic mass is 14.9. The van der Waals surface area contributed by atoms with E-state index in [9.17, 15) is 0 Å². The van der Waals surface area contributed by atoms with Gasteiger partial charge in [-0.15, -0.1) is 5.73 Å². The minimum Gasteiger partial charge on any atom is -0.399 e. The van der Waals surface area contributed by atoms with Gasteiger partial charge in [0.1, 0.15) is 0 Å². The number of rotatable bonds is 7. The first-order chi connectivity index (χ1) is 15.2. The zero-order valence-electron chi connectivity index (χ0n) is 21.9. The first-order valence-electron chi connectivity index (χ1n) is 11.8. The third-order valence-corrected chi connectivity index (χ3v) is 5.00. The van der Waals surface area contributed by atoms with Crippen LogP contribution in [0.25, 0.3) is 5.57 Å². The van der Waals surface area contributed by atoms with Crippen molar-refractivity contribution in [3.05, 3.63) is 90.9 Å². The van der Waals surface area contributed by atoms with E-state index in [1.54, 1.807) is 0 Å². The van der Waals surface area contributed by atoms with Crippen molar-refractivity contribution < 1.29 is 0 Å². The second kappa shape index (κ2) is 19.0. The topological polar surface area (TPSA) is 38.0 Å². The molecular weight excluding hydrogens is 388 g/mol. The van der Waals surface area contributed by atoms with E-state index >= 15 is 0 Å². The first kappa shape index (κ1) is 31.5. The van der Waals surface area contributed by atoms with Crippen LogP contribution >= 0.6 is 0 Å². The lowest BCUT2D eigenvalue weighted by molar-refractivity contribution is 0.494. The zero-order valence-corrected chi connectivity index (χ0v) is 21.9. The van der Waals surface area contributed by atoms with Crippen LogP contribution in [0.3, 0.4) is 0 Å². The van der Waals surface area contributed by atoms with Gasteiger partial charge >= 0.3 is 0 Å². The minimum absolute atomic E-state index is 0.400. The van der Waals surface area contributed by atoms with Gasteiger partial charge in [0.15, 0.2) is 0 Å². The number of nitrogens with two attached hydrogens (primary N) is 1. The number of para-hydroxylation sites is 1. The van der Waals surface area contributed by atoms with Gasteiger partial charge in [-0.3, -0.25) is 0 Å². The lowest BCUT2D eigenvalue weighted by Gasteiger charge is -2.25. The fourth-order valence-corrected chi connectivity index (χ4v) is 3.06. The van der Waals surface area contributed by atoms with Crippen molar-refractivity contribution in [2.24, 2.45) is 11.7 Å². The summed E-state index contributed by atoms with van der Waals surface area (Å²) in [6.07, 6.45) is 11.1. The highest BCUT2D eigenvalue weighted by Gasteiger charge is 2.22. The van der Waals surface area contributed by atoms with Gasteiger partial charge in [0, 0.05) is 23.0 Å². The summed E-state index contributed by atoms with van der Waals surface area (Å²) < 4.78 is 0. The van der Waals surface area contributed by atoms with Crippen molar-refractivity contribution in [1.82, 2.24) is 0 Å². The molecule has 3 N–H and O–H groups in total. The molecule has 2 rings (SSSR count). The summed E-state index contributed by atoms with van der Waals surface area (Å²) in [5.74, 6) is 0.596. The zero-order chi connectivity index (χ0) is 25.1. The fourth-order valence-electron chi connectivity index (χ4n) is 3.06. The maximum atomic E-state index is 5.60. The van der Waals surface area contributed by atoms with Gasteiger partial charge in [0.05, 0.1) is 0 Å². The molecule has 2 unspecified atom stereocenters. The molecule has 0 saturated carbocycles. The fraction of sp³-hybridized carbons (Fsp3) is 0.433. The molecule has 1 aromatic carbocycles. The Hall–Kier alpha value is -2.70. The molecule has 2 atom stereocenters. The Balaban J connectivity index is 0. The van der Waals surface area contributed by atoms with Crippen LogP contribution in [0.15, 0.2) is 79.7 Å². The van der Waals surface area contributed by atoms with Crippen molar-refractivity contribution in [2.45, 2.75) is 80.2 Å². The molecule has 2 nitrogen and oxygen atoms in total. The molecule has 0 spiro atoms. The summed E-state index contributed by atoms with van der Waals surface area (Å²) in [5, 5.41) is 3.73. The molecule has 1 aliphatic carbocycles. The standard InChI is InChI=1S/C21H28N2.C4H10.C3H4.C2H6/c1-14(2)20-8-6-7-15(3)21(20)23-17(5)19-12-11-18(13-19)10-9-16(4)22;1-3-4-2;1-3-2;1-2/h6-11,17,19,23H,1,4,12-13,22H2,2-3,5H3;3-4H2,1-2H3;1-2H2;1-2H3/b10-9+;;;. The Kier molecular flexibility index (Phi) is 18.7. The van der Waals surface area contributed by atoms with Crippen LogP contribution in [0.1, 0.15) is 78.4 Å². The van der Waals surface area contributed by atoms with Gasteiger partial charge in [0.2, 0.25) is 0 Å². The number of anilines is 1. The van der Waals surface area contributed by atoms with Gasteiger partial charge in [-0.25, -0.2) is 0 Å². The van der Waals surface area contributed by atoms with E-state index < -0.39 is 0 Å². The monoisotopic (exact) mass is 436 g/mol. The molecule has 0 radical (unpaired) electrons. The van der Waals surface area contributed by atoms with E-state index in [0.29, 0.717) is 17.7 Å². The normalized spacial score (nSPS) is 14.8. The highest BCUT2D eigenvalue weighted by Crippen LogP contribution is 2.33. The highest BCUT2D eigenvalue weighted by molar-refractivity contribution is 5.76. The Labute approximate surface area is 199 Å². The van der Waals surface area contributed by atoms with Crippen molar-refractivity contribution in [3.8, 4) is 0 Å². The third-order valence-electron chi connectivity index (χ3n) is 5.00. The Morgan fingerprint density at radius 2 is 1.78 bits per heavy atom. The average molecular weight is 437 g/mol. The Morgan fingerprint density at radius 1 is 1.22 bits per heavy atom. The predicted molar refractivity (Wildman–Crippen MR) is 149 cm³/mol. The summed E-state index contributed by atoms with van der Waals surface area (Å²) in [6.45, 7) is 28.9. The Bertz CT molecular complexity index is 772. The summed E-state index contributed by atoms with van der Waals surface area (Å²) in [6, 6.07) is 6.78. The van der Waals surface area contributed by atoms with Crippen LogP contribution in [0.4, 0.5) is 5.69 Å². The summed E-state index contributed by atoms with van der Waals surface area (Å²) in [7, 11) is 0. The van der Waals surface area contributed by atoms with E-state index in [1.807, 2.05) is 19.9 Å².